The Labute approximate surface area is 204 Å². The quantitative estimate of drug-likeness (QED) is 0.148. The van der Waals surface area contributed by atoms with Crippen LogP contribution in [0.2, 0.25) is 0 Å². The van der Waals surface area contributed by atoms with E-state index in [1.807, 2.05) is 6.20 Å². The number of rotatable bonds is 1. The Morgan fingerprint density at radius 2 is 1.66 bits per heavy atom. The summed E-state index contributed by atoms with van der Waals surface area (Å²) in [5.41, 5.74) is 8.71. The van der Waals surface area contributed by atoms with Gasteiger partial charge in [0.2, 0.25) is 5.52 Å². The molecule has 4 aromatic heterocycles. The van der Waals surface area contributed by atoms with Gasteiger partial charge in [-0.25, -0.2) is 4.57 Å². The summed E-state index contributed by atoms with van der Waals surface area (Å²) in [6, 6.07) is 14.4. The monoisotopic (exact) mass is 456 g/mol. The van der Waals surface area contributed by atoms with Crippen LogP contribution in [0, 0.1) is 24.7 Å². The molecule has 0 atom stereocenters. The SMILES string of the molecule is Cc1ccc2c3cnccc3n3c4cc(C56CC7CC(CC(C7)C5)C6)cc5cc[n+](C)c(c1c23)c54. The number of nitrogens with zero attached hydrogens (tertiary/aromatic N) is 3. The molecule has 0 unspecified atom stereocenters. The normalized spacial score (nSPS) is 28.0. The summed E-state index contributed by atoms with van der Waals surface area (Å²) in [7, 11) is 2.21. The van der Waals surface area contributed by atoms with E-state index in [0.29, 0.717) is 5.41 Å². The molecule has 4 saturated carbocycles. The molecule has 0 spiro atoms. The fourth-order valence-electron chi connectivity index (χ4n) is 9.33. The number of fused-ring (bicyclic) bond motifs is 5. The Bertz CT molecular complexity index is 1820. The Morgan fingerprint density at radius 3 is 2.43 bits per heavy atom. The van der Waals surface area contributed by atoms with E-state index in [1.165, 1.54) is 93.1 Å². The average molecular weight is 457 g/mol. The first-order valence-corrected chi connectivity index (χ1v) is 13.4. The van der Waals surface area contributed by atoms with Crippen molar-refractivity contribution in [1.82, 2.24) is 9.38 Å². The van der Waals surface area contributed by atoms with Gasteiger partial charge in [-0.15, -0.1) is 0 Å². The second-order valence-electron chi connectivity index (χ2n) is 12.3. The minimum absolute atomic E-state index is 0.383. The molecule has 0 amide bonds. The van der Waals surface area contributed by atoms with Gasteiger partial charge in [0, 0.05) is 29.2 Å². The average Bonchev–Trinajstić information content (AvgIpc) is 3.18. The molecule has 4 fully saturated rings. The Morgan fingerprint density at radius 1 is 0.886 bits per heavy atom. The van der Waals surface area contributed by atoms with Gasteiger partial charge in [-0.3, -0.25) is 4.98 Å². The summed E-state index contributed by atoms with van der Waals surface area (Å²) in [6.45, 7) is 2.27. The van der Waals surface area contributed by atoms with Crippen LogP contribution in [0.15, 0.2) is 55.0 Å². The maximum absolute atomic E-state index is 4.52. The maximum atomic E-state index is 4.52. The van der Waals surface area contributed by atoms with Crippen LogP contribution in [-0.2, 0) is 12.5 Å². The lowest BCUT2D eigenvalue weighted by molar-refractivity contribution is -0.643. The molecular formula is C32H30N3+. The molecule has 4 aliphatic rings. The molecule has 10 rings (SSSR count). The highest BCUT2D eigenvalue weighted by Crippen LogP contribution is 2.61. The van der Waals surface area contributed by atoms with Crippen LogP contribution in [0.1, 0.15) is 49.7 Å². The molecule has 172 valence electrons. The molecule has 6 aromatic rings. The van der Waals surface area contributed by atoms with Crippen LogP contribution in [0.4, 0.5) is 0 Å². The van der Waals surface area contributed by atoms with E-state index >= 15 is 0 Å². The van der Waals surface area contributed by atoms with Crippen molar-refractivity contribution in [1.29, 1.82) is 0 Å². The number of aryl methyl sites for hydroxylation is 2. The van der Waals surface area contributed by atoms with Gasteiger partial charge in [-0.05, 0) is 103 Å². The van der Waals surface area contributed by atoms with Gasteiger partial charge in [0.25, 0.3) is 0 Å². The molecule has 2 aromatic carbocycles. The second-order valence-corrected chi connectivity index (χ2v) is 12.3. The van der Waals surface area contributed by atoms with E-state index < -0.39 is 0 Å². The van der Waals surface area contributed by atoms with Crippen LogP contribution < -0.4 is 4.57 Å². The predicted molar refractivity (Wildman–Crippen MR) is 142 cm³/mol. The zero-order valence-electron chi connectivity index (χ0n) is 20.5. The Hall–Kier alpha value is -3.20. The minimum Gasteiger partial charge on any atom is -0.307 e. The van der Waals surface area contributed by atoms with Gasteiger partial charge in [-0.2, -0.15) is 0 Å². The van der Waals surface area contributed by atoms with Gasteiger partial charge in [0.15, 0.2) is 6.20 Å². The number of aromatic nitrogens is 3. The number of pyridine rings is 3. The fraction of sp³-hybridized carbons (Fsp3) is 0.375. The summed E-state index contributed by atoms with van der Waals surface area (Å²) in [4.78, 5) is 4.52. The lowest BCUT2D eigenvalue weighted by atomic mass is 9.48. The van der Waals surface area contributed by atoms with Crippen LogP contribution in [0.25, 0.3) is 49.0 Å². The zero-order chi connectivity index (χ0) is 23.1. The van der Waals surface area contributed by atoms with Crippen molar-refractivity contribution in [2.75, 3.05) is 0 Å². The van der Waals surface area contributed by atoms with Crippen LogP contribution in [0.5, 0.6) is 0 Å². The van der Waals surface area contributed by atoms with Gasteiger partial charge >= 0.3 is 0 Å². The lowest BCUT2D eigenvalue weighted by Gasteiger charge is -2.57. The first-order valence-electron chi connectivity index (χ1n) is 13.4. The number of hydrogen-bond acceptors (Lipinski definition) is 1. The molecule has 0 saturated heterocycles. The predicted octanol–water partition coefficient (Wildman–Crippen LogP) is 6.99. The Balaban J connectivity index is 1.50. The maximum Gasteiger partial charge on any atom is 0.224 e. The van der Waals surface area contributed by atoms with Gasteiger partial charge in [-0.1, -0.05) is 12.1 Å². The zero-order valence-corrected chi connectivity index (χ0v) is 20.5. The van der Waals surface area contributed by atoms with Crippen molar-refractivity contribution < 1.29 is 4.57 Å². The first kappa shape index (κ1) is 19.0. The van der Waals surface area contributed by atoms with Gasteiger partial charge in [0.1, 0.15) is 7.05 Å². The second kappa shape index (κ2) is 6.13. The van der Waals surface area contributed by atoms with Crippen molar-refractivity contribution >= 4 is 49.0 Å². The van der Waals surface area contributed by atoms with E-state index in [9.17, 15) is 0 Å². The standard InChI is InChI=1S/C32H30N3/c1-18-3-4-24-25-17-33-7-5-26(25)35-27-13-23(32-14-19-9-20(15-32)11-21(10-19)16-32)12-22-6-8-34(2)31(29(22)27)28(18)30(24)35/h3-8,12-13,17,19-21H,9-11,14-16H2,1-2H3/q+1. The smallest absolute Gasteiger partial charge is 0.224 e. The highest BCUT2D eigenvalue weighted by atomic mass is 15.0. The van der Waals surface area contributed by atoms with Crippen molar-refractivity contribution in [3.05, 3.63) is 66.1 Å². The fourth-order valence-corrected chi connectivity index (χ4v) is 9.33. The third kappa shape index (κ3) is 2.24. The van der Waals surface area contributed by atoms with Gasteiger partial charge in [0.05, 0.1) is 27.3 Å². The number of benzene rings is 2. The summed E-state index contributed by atoms with van der Waals surface area (Å²) in [5.74, 6) is 2.85. The summed E-state index contributed by atoms with van der Waals surface area (Å²) in [5, 5.41) is 6.76. The van der Waals surface area contributed by atoms with E-state index in [-0.39, 0.29) is 0 Å². The van der Waals surface area contributed by atoms with Gasteiger partial charge < -0.3 is 4.40 Å². The van der Waals surface area contributed by atoms with Crippen LogP contribution >= 0.6 is 0 Å². The van der Waals surface area contributed by atoms with Crippen molar-refractivity contribution in [2.45, 2.75) is 50.9 Å². The van der Waals surface area contributed by atoms with Crippen LogP contribution in [0.3, 0.4) is 0 Å². The summed E-state index contributed by atoms with van der Waals surface area (Å²) < 4.78 is 4.92. The van der Waals surface area contributed by atoms with E-state index in [4.69, 9.17) is 0 Å². The molecule has 0 N–H and O–H groups in total. The molecule has 4 aliphatic carbocycles. The molecule has 4 heterocycles. The largest absolute Gasteiger partial charge is 0.307 e. The molecule has 3 heteroatoms. The summed E-state index contributed by atoms with van der Waals surface area (Å²) in [6.07, 6.45) is 15.0. The highest BCUT2D eigenvalue weighted by molar-refractivity contribution is 6.25. The highest BCUT2D eigenvalue weighted by Gasteiger charge is 2.51. The first-order chi connectivity index (χ1) is 17.1. The Kier molecular flexibility index (Phi) is 3.34. The molecular weight excluding hydrogens is 426 g/mol. The van der Waals surface area contributed by atoms with E-state index in [2.05, 4.69) is 76.7 Å². The topological polar surface area (TPSA) is 21.2 Å². The molecule has 4 bridgehead atoms. The number of hydrogen-bond donors (Lipinski definition) is 0. The molecule has 3 nitrogen and oxygen atoms in total. The molecule has 0 aliphatic heterocycles. The van der Waals surface area contributed by atoms with E-state index in [1.54, 1.807) is 5.56 Å². The van der Waals surface area contributed by atoms with Crippen molar-refractivity contribution in [3.8, 4) is 0 Å². The van der Waals surface area contributed by atoms with E-state index in [0.717, 1.165) is 17.8 Å². The van der Waals surface area contributed by atoms with Crippen molar-refractivity contribution in [3.63, 3.8) is 0 Å². The molecule has 0 radical (unpaired) electrons. The van der Waals surface area contributed by atoms with Crippen LogP contribution in [-0.4, -0.2) is 9.38 Å². The lowest BCUT2D eigenvalue weighted by Crippen LogP contribution is -2.48. The third-order valence-electron chi connectivity index (χ3n) is 10.3. The minimum atomic E-state index is 0.383. The summed E-state index contributed by atoms with van der Waals surface area (Å²) >= 11 is 0. The third-order valence-corrected chi connectivity index (χ3v) is 10.3. The molecule has 35 heavy (non-hydrogen) atoms. The van der Waals surface area contributed by atoms with Crippen molar-refractivity contribution in [2.24, 2.45) is 24.8 Å².